The predicted molar refractivity (Wildman–Crippen MR) is 65.4 cm³/mol. The van der Waals surface area contributed by atoms with Crippen molar-refractivity contribution in [2.45, 2.75) is 19.8 Å². The van der Waals surface area contributed by atoms with Gasteiger partial charge in [-0.2, -0.15) is 0 Å². The van der Waals surface area contributed by atoms with Gasteiger partial charge in [-0.15, -0.1) is 0 Å². The zero-order valence-electron chi connectivity index (χ0n) is 9.80. The average molecular weight is 273 g/mol. The van der Waals surface area contributed by atoms with Crippen LogP contribution in [0.4, 0.5) is 14.6 Å². The Hall–Kier alpha value is -1.62. The Labute approximate surface area is 108 Å². The number of rotatable bonds is 2. The maximum Gasteiger partial charge on any atom is 0.175 e. The van der Waals surface area contributed by atoms with E-state index in [4.69, 9.17) is 21.9 Å². The third-order valence-corrected chi connectivity index (χ3v) is 2.88. The first-order chi connectivity index (χ1) is 8.41. The van der Waals surface area contributed by atoms with E-state index < -0.39 is 11.6 Å². The van der Waals surface area contributed by atoms with E-state index in [0.29, 0.717) is 5.56 Å². The highest BCUT2D eigenvalue weighted by Gasteiger charge is 2.22. The molecule has 1 aromatic carbocycles. The lowest BCUT2D eigenvalue weighted by molar-refractivity contribution is 0.431. The van der Waals surface area contributed by atoms with Crippen LogP contribution in [0.1, 0.15) is 25.3 Å². The summed E-state index contributed by atoms with van der Waals surface area (Å²) >= 11 is 5.49. The number of aromatic nitrogens is 1. The first-order valence-corrected chi connectivity index (χ1v) is 5.69. The number of nitrogen functional groups attached to an aromatic ring is 1. The molecule has 6 heteroatoms. The summed E-state index contributed by atoms with van der Waals surface area (Å²) in [5.74, 6) is -1.12. The minimum Gasteiger partial charge on any atom is -0.381 e. The van der Waals surface area contributed by atoms with Crippen LogP contribution in [-0.2, 0) is 0 Å². The molecule has 96 valence electrons. The molecule has 18 heavy (non-hydrogen) atoms. The topological polar surface area (TPSA) is 52.0 Å². The number of benzene rings is 1. The van der Waals surface area contributed by atoms with E-state index in [-0.39, 0.29) is 28.1 Å². The quantitative estimate of drug-likeness (QED) is 0.841. The van der Waals surface area contributed by atoms with Crippen LogP contribution in [-0.4, -0.2) is 5.16 Å². The number of nitrogens with zero attached hydrogens (tertiary/aromatic N) is 1. The van der Waals surface area contributed by atoms with Gasteiger partial charge < -0.3 is 10.3 Å². The second-order valence-corrected chi connectivity index (χ2v) is 4.62. The van der Waals surface area contributed by atoms with Crippen LogP contribution in [0.2, 0.25) is 5.02 Å². The molecule has 0 unspecified atom stereocenters. The van der Waals surface area contributed by atoms with Gasteiger partial charge in [0, 0.05) is 5.56 Å². The molecule has 0 spiro atoms. The highest BCUT2D eigenvalue weighted by atomic mass is 35.5. The molecule has 0 aliphatic carbocycles. The average Bonchev–Trinajstić information content (AvgIpc) is 2.65. The molecule has 0 saturated carbocycles. The van der Waals surface area contributed by atoms with Gasteiger partial charge in [0.15, 0.2) is 11.6 Å². The van der Waals surface area contributed by atoms with Crippen molar-refractivity contribution in [2.75, 3.05) is 5.73 Å². The lowest BCUT2D eigenvalue weighted by Gasteiger charge is -2.07. The molecule has 0 fully saturated rings. The lowest BCUT2D eigenvalue weighted by Crippen LogP contribution is -1.96. The van der Waals surface area contributed by atoms with Crippen molar-refractivity contribution in [3.8, 4) is 11.3 Å². The fourth-order valence-electron chi connectivity index (χ4n) is 1.76. The third kappa shape index (κ3) is 2.06. The first kappa shape index (κ1) is 12.8. The molecule has 3 nitrogen and oxygen atoms in total. The van der Waals surface area contributed by atoms with Gasteiger partial charge in [0.25, 0.3) is 0 Å². The van der Waals surface area contributed by atoms with Gasteiger partial charge in [0.1, 0.15) is 11.6 Å². The van der Waals surface area contributed by atoms with Gasteiger partial charge in [0.2, 0.25) is 0 Å². The number of anilines is 1. The van der Waals surface area contributed by atoms with Crippen molar-refractivity contribution >= 4 is 17.4 Å². The largest absolute Gasteiger partial charge is 0.381 e. The van der Waals surface area contributed by atoms with Gasteiger partial charge in [0.05, 0.1) is 10.6 Å². The van der Waals surface area contributed by atoms with E-state index in [1.807, 2.05) is 13.8 Å². The van der Waals surface area contributed by atoms with Gasteiger partial charge in [-0.3, -0.25) is 0 Å². The summed E-state index contributed by atoms with van der Waals surface area (Å²) in [6, 6.07) is 1.87. The van der Waals surface area contributed by atoms with E-state index >= 15 is 0 Å². The molecule has 2 rings (SSSR count). The summed E-state index contributed by atoms with van der Waals surface area (Å²) in [4.78, 5) is 0. The van der Waals surface area contributed by atoms with Gasteiger partial charge in [-0.05, 0) is 18.1 Å². The van der Waals surface area contributed by atoms with Crippen molar-refractivity contribution in [1.29, 1.82) is 0 Å². The molecule has 0 bridgehead atoms. The standard InChI is InChI=1S/C12H11ClF2N2O/c1-5(2)10-11(18-17-12(10)16)6-3-9(15)7(13)4-8(6)14/h3-5H,1-2H3,(H2,16,17). The molecule has 0 aliphatic heterocycles. The summed E-state index contributed by atoms with van der Waals surface area (Å²) in [5, 5.41) is 3.31. The molecule has 1 heterocycles. The van der Waals surface area contributed by atoms with E-state index in [1.165, 1.54) is 0 Å². The van der Waals surface area contributed by atoms with Crippen molar-refractivity contribution in [3.63, 3.8) is 0 Å². The lowest BCUT2D eigenvalue weighted by atomic mass is 9.99. The van der Waals surface area contributed by atoms with Crippen LogP contribution in [0.3, 0.4) is 0 Å². The van der Waals surface area contributed by atoms with E-state index in [9.17, 15) is 8.78 Å². The highest BCUT2D eigenvalue weighted by Crippen LogP contribution is 2.36. The minimum absolute atomic E-state index is 0.0237. The van der Waals surface area contributed by atoms with Crippen molar-refractivity contribution in [3.05, 3.63) is 34.4 Å². The number of nitrogens with two attached hydrogens (primary N) is 1. The molecule has 2 N–H and O–H groups in total. The van der Waals surface area contributed by atoms with Crippen LogP contribution >= 0.6 is 11.6 Å². The number of hydrogen-bond acceptors (Lipinski definition) is 3. The summed E-state index contributed by atoms with van der Waals surface area (Å²) in [6.45, 7) is 3.72. The molecule has 0 saturated heterocycles. The Kier molecular flexibility index (Phi) is 3.26. The van der Waals surface area contributed by atoms with Gasteiger partial charge >= 0.3 is 0 Å². The van der Waals surface area contributed by atoms with E-state index in [1.54, 1.807) is 0 Å². The van der Waals surface area contributed by atoms with E-state index in [0.717, 1.165) is 12.1 Å². The van der Waals surface area contributed by atoms with Crippen LogP contribution in [0.5, 0.6) is 0 Å². The van der Waals surface area contributed by atoms with Crippen LogP contribution in [0.15, 0.2) is 16.7 Å². The Balaban J connectivity index is 2.66. The fourth-order valence-corrected chi connectivity index (χ4v) is 1.91. The zero-order chi connectivity index (χ0) is 13.4. The number of halogens is 3. The highest BCUT2D eigenvalue weighted by molar-refractivity contribution is 6.30. The van der Waals surface area contributed by atoms with Crippen molar-refractivity contribution < 1.29 is 13.3 Å². The molecule has 2 aromatic rings. The Bertz CT molecular complexity index is 596. The zero-order valence-corrected chi connectivity index (χ0v) is 10.6. The Morgan fingerprint density at radius 1 is 1.28 bits per heavy atom. The fraction of sp³-hybridized carbons (Fsp3) is 0.250. The first-order valence-electron chi connectivity index (χ1n) is 5.31. The predicted octanol–water partition coefficient (Wildman–Crippen LogP) is 3.98. The van der Waals surface area contributed by atoms with Crippen LogP contribution in [0.25, 0.3) is 11.3 Å². The summed E-state index contributed by atoms with van der Waals surface area (Å²) in [6.07, 6.45) is 0. The monoisotopic (exact) mass is 272 g/mol. The van der Waals surface area contributed by atoms with Crippen molar-refractivity contribution in [1.82, 2.24) is 5.16 Å². The molecule has 1 aromatic heterocycles. The molecule has 0 atom stereocenters. The Morgan fingerprint density at radius 2 is 1.94 bits per heavy atom. The maximum atomic E-state index is 13.8. The van der Waals surface area contributed by atoms with Crippen molar-refractivity contribution in [2.24, 2.45) is 0 Å². The molecule has 0 amide bonds. The molecular weight excluding hydrogens is 262 g/mol. The summed E-state index contributed by atoms with van der Waals surface area (Å²) in [5.41, 5.74) is 6.16. The summed E-state index contributed by atoms with van der Waals surface area (Å²) < 4.78 is 32.2. The minimum atomic E-state index is -0.724. The van der Waals surface area contributed by atoms with Gasteiger partial charge in [-0.1, -0.05) is 30.6 Å². The Morgan fingerprint density at radius 3 is 2.56 bits per heavy atom. The van der Waals surface area contributed by atoms with Gasteiger partial charge in [-0.25, -0.2) is 8.78 Å². The molecule has 0 aliphatic rings. The third-order valence-electron chi connectivity index (χ3n) is 2.59. The SMILES string of the molecule is CC(C)c1c(N)noc1-c1cc(F)c(Cl)cc1F. The van der Waals surface area contributed by atoms with Crippen LogP contribution < -0.4 is 5.73 Å². The van der Waals surface area contributed by atoms with E-state index in [2.05, 4.69) is 5.16 Å². The normalized spacial score (nSPS) is 11.2. The molecule has 0 radical (unpaired) electrons. The number of hydrogen-bond donors (Lipinski definition) is 1. The summed E-state index contributed by atoms with van der Waals surface area (Å²) in [7, 11) is 0. The maximum absolute atomic E-state index is 13.8. The second-order valence-electron chi connectivity index (χ2n) is 4.21. The smallest absolute Gasteiger partial charge is 0.175 e. The second kappa shape index (κ2) is 4.57. The van der Waals surface area contributed by atoms with Crippen LogP contribution in [0, 0.1) is 11.6 Å². The molecular formula is C12H11ClF2N2O.